The van der Waals surface area contributed by atoms with Crippen LogP contribution in [0.15, 0.2) is 54.6 Å². The summed E-state index contributed by atoms with van der Waals surface area (Å²) in [5.41, 5.74) is 1.84. The van der Waals surface area contributed by atoms with E-state index in [2.05, 4.69) is 14.6 Å². The largest absolute Gasteiger partial charge is 0.573 e. The van der Waals surface area contributed by atoms with Crippen molar-refractivity contribution in [3.05, 3.63) is 60.3 Å². The number of rotatable bonds is 5. The maximum atomic E-state index is 12.3. The predicted octanol–water partition coefficient (Wildman–Crippen LogP) is 6.08. The first kappa shape index (κ1) is 20.8. The molecule has 0 aliphatic rings. The van der Waals surface area contributed by atoms with Gasteiger partial charge in [-0.25, -0.2) is 4.68 Å². The quantitative estimate of drug-likeness (QED) is 0.359. The highest BCUT2D eigenvalue weighted by Crippen LogP contribution is 2.30. The molecule has 0 fully saturated rings. The molecule has 0 N–H and O–H groups in total. The molecule has 0 saturated carbocycles. The normalized spacial score (nSPS) is 12.1. The van der Waals surface area contributed by atoms with Gasteiger partial charge in [0, 0.05) is 5.56 Å². The first-order chi connectivity index (χ1) is 13.5. The van der Waals surface area contributed by atoms with E-state index in [-0.39, 0.29) is 5.88 Å². The van der Waals surface area contributed by atoms with Gasteiger partial charge in [-0.05, 0) is 54.6 Å². The molecule has 3 aromatic rings. The van der Waals surface area contributed by atoms with E-state index in [0.717, 1.165) is 24.3 Å². The first-order valence-electron chi connectivity index (χ1n) is 7.91. The maximum Gasteiger partial charge on any atom is 0.573 e. The Hall–Kier alpha value is -2.88. The zero-order valence-electron chi connectivity index (χ0n) is 14.3. The molecule has 0 radical (unpaired) electrons. The van der Waals surface area contributed by atoms with Crippen molar-refractivity contribution in [1.29, 1.82) is 0 Å². The van der Waals surface area contributed by atoms with Crippen molar-refractivity contribution in [2.24, 2.45) is 0 Å². The molecule has 11 heteroatoms. The summed E-state index contributed by atoms with van der Waals surface area (Å²) in [5, 5.41) is 4.27. The van der Waals surface area contributed by atoms with Crippen LogP contribution in [0, 0.1) is 0 Å². The Morgan fingerprint density at radius 3 is 1.72 bits per heavy atom. The molecule has 0 aliphatic carbocycles. The number of benzene rings is 2. The summed E-state index contributed by atoms with van der Waals surface area (Å²) < 4.78 is 82.9. The van der Waals surface area contributed by atoms with Crippen molar-refractivity contribution in [3.8, 4) is 28.4 Å². The molecule has 0 atom stereocenters. The van der Waals surface area contributed by atoms with Gasteiger partial charge < -0.3 is 9.47 Å². The van der Waals surface area contributed by atoms with E-state index in [1.807, 2.05) is 0 Å². The van der Waals surface area contributed by atoms with Crippen LogP contribution < -0.4 is 9.47 Å². The highest BCUT2D eigenvalue weighted by Gasteiger charge is 2.31. The second kappa shape index (κ2) is 7.86. The fourth-order valence-electron chi connectivity index (χ4n) is 2.51. The van der Waals surface area contributed by atoms with E-state index < -0.39 is 24.2 Å². The average Bonchev–Trinajstić information content (AvgIpc) is 3.05. The van der Waals surface area contributed by atoms with Crippen LogP contribution in [0.25, 0.3) is 16.9 Å². The fraction of sp³-hybridized carbons (Fsp3) is 0.167. The monoisotopic (exact) mass is 436 g/mol. The second-order valence-electron chi connectivity index (χ2n) is 5.68. The first-order valence-corrected chi connectivity index (χ1v) is 8.45. The molecule has 0 saturated heterocycles. The van der Waals surface area contributed by atoms with Gasteiger partial charge in [-0.1, -0.05) is 0 Å². The Bertz CT molecular complexity index is 889. The van der Waals surface area contributed by atoms with Crippen LogP contribution in [-0.4, -0.2) is 22.5 Å². The van der Waals surface area contributed by atoms with Gasteiger partial charge in [-0.3, -0.25) is 0 Å². The van der Waals surface area contributed by atoms with Crippen molar-refractivity contribution >= 4 is 11.6 Å². The summed E-state index contributed by atoms with van der Waals surface area (Å²) >= 11 is 5.82. The molecule has 154 valence electrons. The van der Waals surface area contributed by atoms with E-state index in [1.54, 1.807) is 6.07 Å². The van der Waals surface area contributed by atoms with Gasteiger partial charge in [0.2, 0.25) is 0 Å². The molecule has 0 aliphatic heterocycles. The van der Waals surface area contributed by atoms with Crippen LogP contribution in [0.2, 0.25) is 0 Å². The van der Waals surface area contributed by atoms with Crippen LogP contribution in [-0.2, 0) is 5.88 Å². The second-order valence-corrected chi connectivity index (χ2v) is 5.95. The van der Waals surface area contributed by atoms with Gasteiger partial charge in [-0.2, -0.15) is 5.10 Å². The topological polar surface area (TPSA) is 36.3 Å². The van der Waals surface area contributed by atoms with Gasteiger partial charge in [0.15, 0.2) is 0 Å². The minimum Gasteiger partial charge on any atom is -0.406 e. The Morgan fingerprint density at radius 1 is 0.793 bits per heavy atom. The predicted molar refractivity (Wildman–Crippen MR) is 91.9 cm³/mol. The standard InChI is InChI=1S/C18H11ClF6N2O2/c19-10-12-9-16(11-1-5-14(6-2-11)28-17(20,21)22)27(26-12)13-3-7-15(8-4-13)29-18(23,24)25/h1-9H,10H2. The number of hydrogen-bond donors (Lipinski definition) is 0. The summed E-state index contributed by atoms with van der Waals surface area (Å²) in [6.07, 6.45) is -9.63. The SMILES string of the molecule is FC(F)(F)Oc1ccc(-c2cc(CCl)nn2-c2ccc(OC(F)(F)F)cc2)cc1. The maximum absolute atomic E-state index is 12.3. The molecule has 0 bridgehead atoms. The van der Waals surface area contributed by atoms with E-state index in [9.17, 15) is 26.3 Å². The van der Waals surface area contributed by atoms with E-state index >= 15 is 0 Å². The number of aromatic nitrogens is 2. The lowest BCUT2D eigenvalue weighted by molar-refractivity contribution is -0.275. The summed E-state index contributed by atoms with van der Waals surface area (Å²) in [5.74, 6) is -0.732. The number of ether oxygens (including phenoxy) is 2. The molecule has 1 aromatic heterocycles. The van der Waals surface area contributed by atoms with Gasteiger partial charge in [0.05, 0.1) is 23.0 Å². The molecule has 3 rings (SSSR count). The number of nitrogens with zero attached hydrogens (tertiary/aromatic N) is 2. The molecule has 29 heavy (non-hydrogen) atoms. The van der Waals surface area contributed by atoms with Crippen molar-refractivity contribution in [3.63, 3.8) is 0 Å². The van der Waals surface area contributed by atoms with Crippen LogP contribution in [0.1, 0.15) is 5.69 Å². The van der Waals surface area contributed by atoms with Crippen LogP contribution in [0.4, 0.5) is 26.3 Å². The highest BCUT2D eigenvalue weighted by atomic mass is 35.5. The van der Waals surface area contributed by atoms with Crippen LogP contribution in [0.3, 0.4) is 0 Å². The minimum atomic E-state index is -4.82. The lowest BCUT2D eigenvalue weighted by atomic mass is 10.1. The lowest BCUT2D eigenvalue weighted by Gasteiger charge is -2.12. The lowest BCUT2D eigenvalue weighted by Crippen LogP contribution is -2.17. The number of halogens is 7. The third-order valence-corrected chi connectivity index (χ3v) is 3.87. The van der Waals surface area contributed by atoms with Crippen molar-refractivity contribution in [1.82, 2.24) is 9.78 Å². The molecule has 1 heterocycles. The van der Waals surface area contributed by atoms with Gasteiger partial charge in [0.25, 0.3) is 0 Å². The summed E-state index contributed by atoms with van der Waals surface area (Å²) in [6, 6.07) is 11.6. The molecular weight excluding hydrogens is 426 g/mol. The summed E-state index contributed by atoms with van der Waals surface area (Å²) in [4.78, 5) is 0. The van der Waals surface area contributed by atoms with Crippen LogP contribution >= 0.6 is 11.6 Å². The summed E-state index contributed by atoms with van der Waals surface area (Å²) in [7, 11) is 0. The highest BCUT2D eigenvalue weighted by molar-refractivity contribution is 6.16. The van der Waals surface area contributed by atoms with Gasteiger partial charge >= 0.3 is 12.7 Å². The molecule has 0 spiro atoms. The molecule has 4 nitrogen and oxygen atoms in total. The molecule has 0 unspecified atom stereocenters. The molecular formula is C18H11ClF6N2O2. The smallest absolute Gasteiger partial charge is 0.406 e. The Kier molecular flexibility index (Phi) is 5.65. The van der Waals surface area contributed by atoms with E-state index in [1.165, 1.54) is 28.9 Å². The van der Waals surface area contributed by atoms with Crippen molar-refractivity contribution in [2.75, 3.05) is 0 Å². The Morgan fingerprint density at radius 2 is 1.28 bits per heavy atom. The van der Waals surface area contributed by atoms with Gasteiger partial charge in [0.1, 0.15) is 11.5 Å². The van der Waals surface area contributed by atoms with Crippen molar-refractivity contribution in [2.45, 2.75) is 18.6 Å². The molecule has 2 aromatic carbocycles. The third-order valence-electron chi connectivity index (χ3n) is 3.60. The zero-order chi connectivity index (χ0) is 21.2. The minimum absolute atomic E-state index is 0.0601. The number of hydrogen-bond acceptors (Lipinski definition) is 3. The number of alkyl halides is 7. The van der Waals surface area contributed by atoms with Crippen LogP contribution in [0.5, 0.6) is 11.5 Å². The van der Waals surface area contributed by atoms with E-state index in [4.69, 9.17) is 11.6 Å². The van der Waals surface area contributed by atoms with Gasteiger partial charge in [-0.15, -0.1) is 37.9 Å². The molecule has 0 amide bonds. The Balaban J connectivity index is 1.92. The van der Waals surface area contributed by atoms with Crippen molar-refractivity contribution < 1.29 is 35.8 Å². The van der Waals surface area contributed by atoms with E-state index in [0.29, 0.717) is 22.6 Å². The Labute approximate surface area is 165 Å². The summed E-state index contributed by atoms with van der Waals surface area (Å²) in [6.45, 7) is 0. The third kappa shape index (κ3) is 5.57. The zero-order valence-corrected chi connectivity index (χ0v) is 15.0. The average molecular weight is 437 g/mol. The fourth-order valence-corrected chi connectivity index (χ4v) is 2.64.